The third kappa shape index (κ3) is 4.89. The first-order chi connectivity index (χ1) is 13.2. The molecule has 0 atom stereocenters. The number of amides is 2. The molecule has 2 aromatic carbocycles. The first-order valence-corrected chi connectivity index (χ1v) is 8.92. The second-order valence-corrected chi connectivity index (χ2v) is 6.18. The van der Waals surface area contributed by atoms with Crippen molar-refractivity contribution in [2.24, 2.45) is 0 Å². The molecule has 0 aliphatic carbocycles. The molecule has 0 bridgehead atoms. The van der Waals surface area contributed by atoms with E-state index < -0.39 is 0 Å². The van der Waals surface area contributed by atoms with Crippen LogP contribution in [0, 0.1) is 0 Å². The zero-order valence-electron chi connectivity index (χ0n) is 15.2. The van der Waals surface area contributed by atoms with E-state index in [1.54, 1.807) is 18.3 Å². The van der Waals surface area contributed by atoms with Crippen LogP contribution in [0.15, 0.2) is 60.8 Å². The number of nitrogens with zero attached hydrogens (tertiary/aromatic N) is 1. The van der Waals surface area contributed by atoms with Crippen LogP contribution in [0.5, 0.6) is 0 Å². The van der Waals surface area contributed by atoms with Crippen LogP contribution in [0.25, 0.3) is 10.9 Å². The number of hydrogen-bond acceptors (Lipinski definition) is 4. The molecule has 1 heterocycles. The van der Waals surface area contributed by atoms with Gasteiger partial charge in [-0.25, -0.2) is 5.43 Å². The van der Waals surface area contributed by atoms with E-state index in [1.165, 1.54) is 0 Å². The molecule has 3 N–H and O–H groups in total. The van der Waals surface area contributed by atoms with E-state index in [9.17, 15) is 9.59 Å². The van der Waals surface area contributed by atoms with Crippen molar-refractivity contribution < 1.29 is 9.59 Å². The molecule has 0 saturated heterocycles. The van der Waals surface area contributed by atoms with Crippen LogP contribution in [0.2, 0.25) is 0 Å². The van der Waals surface area contributed by atoms with Gasteiger partial charge in [0.1, 0.15) is 0 Å². The molecule has 0 aliphatic heterocycles. The minimum atomic E-state index is -0.182. The predicted octanol–water partition coefficient (Wildman–Crippen LogP) is 2.81. The fraction of sp³-hybridized carbons (Fsp3) is 0.190. The Balaban J connectivity index is 1.57. The highest BCUT2D eigenvalue weighted by Gasteiger charge is 2.08. The fourth-order valence-corrected chi connectivity index (χ4v) is 2.59. The second kappa shape index (κ2) is 8.91. The summed E-state index contributed by atoms with van der Waals surface area (Å²) in [6.45, 7) is 3.12. The molecule has 0 radical (unpaired) electrons. The van der Waals surface area contributed by atoms with Crippen LogP contribution in [-0.2, 0) is 6.54 Å². The van der Waals surface area contributed by atoms with E-state index in [-0.39, 0.29) is 11.8 Å². The normalized spacial score (nSPS) is 10.6. The monoisotopic (exact) mass is 362 g/mol. The van der Waals surface area contributed by atoms with E-state index in [4.69, 9.17) is 0 Å². The van der Waals surface area contributed by atoms with Crippen molar-refractivity contribution >= 4 is 22.7 Å². The number of hydrazine groups is 1. The molecule has 3 aromatic rings. The van der Waals surface area contributed by atoms with E-state index in [0.29, 0.717) is 17.7 Å². The summed E-state index contributed by atoms with van der Waals surface area (Å²) in [5.41, 5.74) is 8.35. The Kier molecular flexibility index (Phi) is 6.12. The Bertz CT molecular complexity index is 938. The van der Waals surface area contributed by atoms with Gasteiger partial charge >= 0.3 is 0 Å². The van der Waals surface area contributed by atoms with Gasteiger partial charge < -0.3 is 5.32 Å². The Morgan fingerprint density at radius 2 is 1.74 bits per heavy atom. The number of rotatable bonds is 7. The maximum absolute atomic E-state index is 12.4. The highest BCUT2D eigenvalue weighted by Crippen LogP contribution is 2.13. The summed E-state index contributed by atoms with van der Waals surface area (Å²) in [6.07, 6.45) is 2.51. The van der Waals surface area contributed by atoms with Crippen molar-refractivity contribution in [3.8, 4) is 0 Å². The summed E-state index contributed by atoms with van der Waals surface area (Å²) >= 11 is 0. The zero-order chi connectivity index (χ0) is 19.1. The lowest BCUT2D eigenvalue weighted by atomic mass is 10.1. The summed E-state index contributed by atoms with van der Waals surface area (Å²) in [6, 6.07) is 16.6. The van der Waals surface area contributed by atoms with Gasteiger partial charge in [0.15, 0.2) is 0 Å². The minimum Gasteiger partial charge on any atom is -0.348 e. The van der Waals surface area contributed by atoms with Crippen molar-refractivity contribution in [2.75, 3.05) is 6.54 Å². The smallest absolute Gasteiger partial charge is 0.265 e. The van der Waals surface area contributed by atoms with Crippen molar-refractivity contribution in [1.29, 1.82) is 0 Å². The Labute approximate surface area is 158 Å². The number of benzene rings is 2. The van der Waals surface area contributed by atoms with Gasteiger partial charge in [-0.15, -0.1) is 0 Å². The number of hydrogen-bond donors (Lipinski definition) is 3. The van der Waals surface area contributed by atoms with Gasteiger partial charge in [-0.3, -0.25) is 20.0 Å². The summed E-state index contributed by atoms with van der Waals surface area (Å²) in [7, 11) is 0. The van der Waals surface area contributed by atoms with Crippen LogP contribution in [-0.4, -0.2) is 23.3 Å². The first kappa shape index (κ1) is 18.5. The molecule has 3 rings (SSSR count). The summed E-state index contributed by atoms with van der Waals surface area (Å²) in [5.74, 6) is -0.361. The quantitative estimate of drug-likeness (QED) is 0.446. The van der Waals surface area contributed by atoms with Crippen molar-refractivity contribution in [1.82, 2.24) is 21.2 Å². The first-order valence-electron chi connectivity index (χ1n) is 8.92. The molecule has 1 aromatic heterocycles. The van der Waals surface area contributed by atoms with Gasteiger partial charge in [0.05, 0.1) is 11.1 Å². The van der Waals surface area contributed by atoms with Gasteiger partial charge in [0.2, 0.25) is 0 Å². The van der Waals surface area contributed by atoms with Crippen LogP contribution in [0.3, 0.4) is 0 Å². The number of nitrogens with one attached hydrogen (secondary N) is 3. The largest absolute Gasteiger partial charge is 0.348 e. The SMILES string of the molecule is CCCNNC(=O)c1ccc(CNC(=O)c2cnc3ccccc3c2)cc1. The maximum atomic E-state index is 12.4. The molecule has 2 amide bonds. The Hall–Kier alpha value is -3.25. The van der Waals surface area contributed by atoms with Crippen molar-refractivity contribution in [2.45, 2.75) is 19.9 Å². The van der Waals surface area contributed by atoms with Crippen molar-refractivity contribution in [3.05, 3.63) is 77.5 Å². The average Bonchev–Trinajstić information content (AvgIpc) is 2.72. The number of carbonyl (C=O) groups is 2. The lowest BCUT2D eigenvalue weighted by Gasteiger charge is -2.08. The lowest BCUT2D eigenvalue weighted by molar-refractivity contribution is 0.0929. The number of aromatic nitrogens is 1. The average molecular weight is 362 g/mol. The molecule has 0 saturated carbocycles. The lowest BCUT2D eigenvalue weighted by Crippen LogP contribution is -2.37. The number of pyridine rings is 1. The van der Waals surface area contributed by atoms with Crippen LogP contribution < -0.4 is 16.2 Å². The molecular formula is C21H22N4O2. The predicted molar refractivity (Wildman–Crippen MR) is 105 cm³/mol. The topological polar surface area (TPSA) is 83.1 Å². The highest BCUT2D eigenvalue weighted by atomic mass is 16.2. The Morgan fingerprint density at radius 1 is 0.963 bits per heavy atom. The van der Waals surface area contributed by atoms with Crippen LogP contribution in [0.4, 0.5) is 0 Å². The van der Waals surface area contributed by atoms with Gasteiger partial charge in [0.25, 0.3) is 11.8 Å². The molecule has 0 aliphatic rings. The van der Waals surface area contributed by atoms with Crippen LogP contribution in [0.1, 0.15) is 39.6 Å². The van der Waals surface area contributed by atoms with Gasteiger partial charge in [-0.05, 0) is 36.2 Å². The zero-order valence-corrected chi connectivity index (χ0v) is 15.2. The number of carbonyl (C=O) groups excluding carboxylic acids is 2. The van der Waals surface area contributed by atoms with E-state index in [2.05, 4.69) is 21.2 Å². The van der Waals surface area contributed by atoms with E-state index >= 15 is 0 Å². The summed E-state index contributed by atoms with van der Waals surface area (Å²) in [5, 5.41) is 3.81. The molecule has 6 heteroatoms. The molecule has 0 unspecified atom stereocenters. The third-order valence-corrected chi connectivity index (χ3v) is 4.10. The molecule has 6 nitrogen and oxygen atoms in total. The third-order valence-electron chi connectivity index (χ3n) is 4.10. The van der Waals surface area contributed by atoms with E-state index in [0.717, 1.165) is 29.4 Å². The van der Waals surface area contributed by atoms with E-state index in [1.807, 2.05) is 49.4 Å². The number of fused-ring (bicyclic) bond motifs is 1. The minimum absolute atomic E-state index is 0.179. The summed E-state index contributed by atoms with van der Waals surface area (Å²) in [4.78, 5) is 28.6. The molecule has 138 valence electrons. The maximum Gasteiger partial charge on any atom is 0.265 e. The van der Waals surface area contributed by atoms with Gasteiger partial charge in [-0.1, -0.05) is 37.3 Å². The standard InChI is InChI=1S/C21H22N4O2/c1-2-11-24-25-21(27)16-9-7-15(8-10-16)13-23-20(26)18-12-17-5-3-4-6-19(17)22-14-18/h3-10,12,14,24H,2,11,13H2,1H3,(H,23,26)(H,25,27). The second-order valence-electron chi connectivity index (χ2n) is 6.18. The highest BCUT2D eigenvalue weighted by molar-refractivity contribution is 5.97. The number of para-hydroxylation sites is 1. The summed E-state index contributed by atoms with van der Waals surface area (Å²) < 4.78 is 0. The fourth-order valence-electron chi connectivity index (χ4n) is 2.59. The molecular weight excluding hydrogens is 340 g/mol. The Morgan fingerprint density at radius 3 is 2.52 bits per heavy atom. The van der Waals surface area contributed by atoms with Gasteiger partial charge in [-0.2, -0.15) is 0 Å². The molecule has 0 spiro atoms. The molecule has 27 heavy (non-hydrogen) atoms. The van der Waals surface area contributed by atoms with Gasteiger partial charge in [0, 0.05) is 30.2 Å². The van der Waals surface area contributed by atoms with Crippen molar-refractivity contribution in [3.63, 3.8) is 0 Å². The molecule has 0 fully saturated rings. The van der Waals surface area contributed by atoms with Crippen LogP contribution >= 0.6 is 0 Å².